The van der Waals surface area contributed by atoms with Crippen molar-refractivity contribution in [2.45, 2.75) is 119 Å². The summed E-state index contributed by atoms with van der Waals surface area (Å²) in [5, 5.41) is 29.1. The second kappa shape index (κ2) is 15.5. The van der Waals surface area contributed by atoms with Crippen LogP contribution in [-0.2, 0) is 10.2 Å². The third-order valence-electron chi connectivity index (χ3n) is 9.51. The molecule has 3 unspecified atom stereocenters. The Morgan fingerprint density at radius 1 is 0.812 bits per heavy atom. The topological polar surface area (TPSA) is 87.0 Å². The molecule has 1 heterocycles. The lowest BCUT2D eigenvalue weighted by Crippen LogP contribution is -2.60. The van der Waals surface area contributed by atoms with Gasteiger partial charge in [0.25, 0.3) is 0 Å². The maximum atomic E-state index is 13.9. The number of carbonyl (C=O) groups is 1. The SMILES string of the molecule is CCC1(c2ccc(O)cc2)COc2cc(O)ccc2C1CCCCCCCCCC(CCC(F)(F)C(F)(F)C(F)(F)C(F)(F)F)C(=O)O. The minimum Gasteiger partial charge on any atom is -0.508 e. The summed E-state index contributed by atoms with van der Waals surface area (Å²) in [6.07, 6.45) is -4.21. The molecule has 270 valence electrons. The van der Waals surface area contributed by atoms with Gasteiger partial charge >= 0.3 is 29.9 Å². The molecular formula is C34H41F9O5. The van der Waals surface area contributed by atoms with Crippen molar-refractivity contribution in [2.75, 3.05) is 6.61 Å². The molecule has 0 radical (unpaired) electrons. The van der Waals surface area contributed by atoms with E-state index < -0.39 is 48.7 Å². The number of fused-ring (bicyclic) bond motifs is 1. The van der Waals surface area contributed by atoms with Crippen molar-refractivity contribution in [3.63, 3.8) is 0 Å². The van der Waals surface area contributed by atoms with E-state index in [0.29, 0.717) is 25.2 Å². The largest absolute Gasteiger partial charge is 0.508 e. The molecule has 0 saturated carbocycles. The molecule has 0 aromatic heterocycles. The Hall–Kier alpha value is -3.32. The highest BCUT2D eigenvalue weighted by Gasteiger charge is 2.81. The number of hydrogen-bond acceptors (Lipinski definition) is 4. The van der Waals surface area contributed by atoms with E-state index >= 15 is 0 Å². The monoisotopic (exact) mass is 700 g/mol. The Morgan fingerprint density at radius 3 is 1.94 bits per heavy atom. The van der Waals surface area contributed by atoms with Crippen LogP contribution in [0.4, 0.5) is 39.5 Å². The molecule has 0 saturated heterocycles. The summed E-state index contributed by atoms with van der Waals surface area (Å²) in [6, 6.07) is 12.2. The first-order chi connectivity index (χ1) is 22.3. The number of phenolic OH excluding ortho intramolecular Hbond substituents is 2. The summed E-state index contributed by atoms with van der Waals surface area (Å²) in [5.74, 6) is -21.8. The summed E-state index contributed by atoms with van der Waals surface area (Å²) >= 11 is 0. The van der Waals surface area contributed by atoms with Crippen molar-refractivity contribution < 1.29 is 64.4 Å². The van der Waals surface area contributed by atoms with Crippen molar-refractivity contribution in [3.8, 4) is 17.2 Å². The van der Waals surface area contributed by atoms with Crippen LogP contribution in [-0.4, -0.2) is 51.8 Å². The molecule has 1 aliphatic heterocycles. The predicted octanol–water partition coefficient (Wildman–Crippen LogP) is 10.4. The second-order valence-electron chi connectivity index (χ2n) is 12.6. The van der Waals surface area contributed by atoms with Crippen molar-refractivity contribution in [1.82, 2.24) is 0 Å². The number of alkyl halides is 9. The van der Waals surface area contributed by atoms with Gasteiger partial charge in [0, 0.05) is 23.8 Å². The number of unbranched alkanes of at least 4 members (excludes halogenated alkanes) is 6. The molecule has 3 atom stereocenters. The Morgan fingerprint density at radius 2 is 1.38 bits per heavy atom. The van der Waals surface area contributed by atoms with Crippen LogP contribution in [0.1, 0.15) is 101 Å². The van der Waals surface area contributed by atoms with Crippen molar-refractivity contribution in [2.24, 2.45) is 5.92 Å². The first-order valence-electron chi connectivity index (χ1n) is 16.0. The number of hydrogen-bond donors (Lipinski definition) is 3. The van der Waals surface area contributed by atoms with Crippen LogP contribution in [0.3, 0.4) is 0 Å². The van der Waals surface area contributed by atoms with Crippen LogP contribution < -0.4 is 4.74 Å². The van der Waals surface area contributed by atoms with Crippen LogP contribution in [0.5, 0.6) is 17.2 Å². The summed E-state index contributed by atoms with van der Waals surface area (Å²) in [6.45, 7) is 2.48. The van der Waals surface area contributed by atoms with E-state index in [4.69, 9.17) is 4.74 Å². The number of rotatable bonds is 18. The molecule has 0 bridgehead atoms. The third-order valence-corrected chi connectivity index (χ3v) is 9.51. The van der Waals surface area contributed by atoms with Crippen LogP contribution in [0.2, 0.25) is 0 Å². The maximum absolute atomic E-state index is 13.9. The minimum atomic E-state index is -6.99. The molecule has 0 fully saturated rings. The van der Waals surface area contributed by atoms with E-state index in [9.17, 15) is 59.6 Å². The summed E-state index contributed by atoms with van der Waals surface area (Å²) in [7, 11) is 0. The molecule has 48 heavy (non-hydrogen) atoms. The highest BCUT2D eigenvalue weighted by Crippen LogP contribution is 2.55. The number of ether oxygens (including phenoxy) is 1. The summed E-state index contributed by atoms with van der Waals surface area (Å²) in [5.41, 5.74) is 1.65. The minimum absolute atomic E-state index is 0.0661. The van der Waals surface area contributed by atoms with E-state index in [1.807, 2.05) is 18.2 Å². The van der Waals surface area contributed by atoms with E-state index in [2.05, 4.69) is 6.92 Å². The zero-order valence-electron chi connectivity index (χ0n) is 26.4. The normalized spacial score (nSPS) is 19.4. The lowest BCUT2D eigenvalue weighted by molar-refractivity contribution is -0.396. The summed E-state index contributed by atoms with van der Waals surface area (Å²) in [4.78, 5) is 11.5. The van der Waals surface area contributed by atoms with Gasteiger partial charge in [-0.25, -0.2) is 0 Å². The fraction of sp³-hybridized carbons (Fsp3) is 0.618. The molecule has 5 nitrogen and oxygen atoms in total. The molecule has 2 aromatic carbocycles. The van der Waals surface area contributed by atoms with Gasteiger partial charge in [0.1, 0.15) is 17.2 Å². The first kappa shape index (κ1) is 39.1. The van der Waals surface area contributed by atoms with Gasteiger partial charge in [-0.05, 0) is 55.0 Å². The number of carboxylic acid groups (broad SMARTS) is 1. The lowest BCUT2D eigenvalue weighted by atomic mass is 9.63. The van der Waals surface area contributed by atoms with Crippen molar-refractivity contribution in [1.29, 1.82) is 0 Å². The number of phenols is 2. The number of carboxylic acids is 1. The van der Waals surface area contributed by atoms with Gasteiger partial charge in [-0.3, -0.25) is 4.79 Å². The molecule has 1 aliphatic rings. The van der Waals surface area contributed by atoms with Gasteiger partial charge < -0.3 is 20.1 Å². The highest BCUT2D eigenvalue weighted by atomic mass is 19.4. The molecule has 0 aliphatic carbocycles. The Kier molecular flexibility index (Phi) is 12.6. The van der Waals surface area contributed by atoms with Crippen LogP contribution in [0, 0.1) is 5.92 Å². The van der Waals surface area contributed by atoms with Crippen LogP contribution >= 0.6 is 0 Å². The van der Waals surface area contributed by atoms with Crippen molar-refractivity contribution in [3.05, 3.63) is 53.6 Å². The molecular weight excluding hydrogens is 659 g/mol. The number of aromatic hydroxyl groups is 2. The zero-order chi connectivity index (χ0) is 36.0. The highest BCUT2D eigenvalue weighted by molar-refractivity contribution is 5.69. The predicted molar refractivity (Wildman–Crippen MR) is 159 cm³/mol. The van der Waals surface area contributed by atoms with E-state index in [1.165, 1.54) is 0 Å². The van der Waals surface area contributed by atoms with E-state index in [0.717, 1.165) is 49.7 Å². The number of benzene rings is 2. The van der Waals surface area contributed by atoms with Gasteiger partial charge in [-0.15, -0.1) is 0 Å². The third kappa shape index (κ3) is 8.45. The number of aliphatic carboxylic acids is 1. The molecule has 0 spiro atoms. The van der Waals surface area contributed by atoms with Crippen LogP contribution in [0.25, 0.3) is 0 Å². The quantitative estimate of drug-likeness (QED) is 0.106. The van der Waals surface area contributed by atoms with Gasteiger partial charge in [0.15, 0.2) is 0 Å². The average Bonchev–Trinajstić information content (AvgIpc) is 3.01. The Labute approximate surface area is 273 Å². The first-order valence-corrected chi connectivity index (χ1v) is 16.0. The fourth-order valence-corrected chi connectivity index (χ4v) is 6.54. The number of halogens is 9. The van der Waals surface area contributed by atoms with Gasteiger partial charge in [0.2, 0.25) is 0 Å². The van der Waals surface area contributed by atoms with Gasteiger partial charge in [-0.1, -0.05) is 70.1 Å². The smallest absolute Gasteiger partial charge is 0.460 e. The molecule has 3 rings (SSSR count). The second-order valence-corrected chi connectivity index (χ2v) is 12.6. The maximum Gasteiger partial charge on any atom is 0.460 e. The lowest BCUT2D eigenvalue weighted by Gasteiger charge is -2.45. The van der Waals surface area contributed by atoms with E-state index in [1.54, 1.807) is 24.3 Å². The van der Waals surface area contributed by atoms with Crippen molar-refractivity contribution >= 4 is 5.97 Å². The molecule has 0 amide bonds. The Bertz CT molecular complexity index is 1350. The molecule has 14 heteroatoms. The Balaban J connectivity index is 1.48. The zero-order valence-corrected chi connectivity index (χ0v) is 26.4. The average molecular weight is 701 g/mol. The summed E-state index contributed by atoms with van der Waals surface area (Å²) < 4.78 is 124. The van der Waals surface area contributed by atoms with Crippen LogP contribution in [0.15, 0.2) is 42.5 Å². The van der Waals surface area contributed by atoms with E-state index in [-0.39, 0.29) is 35.7 Å². The van der Waals surface area contributed by atoms with Gasteiger partial charge in [-0.2, -0.15) is 39.5 Å². The molecule has 2 aromatic rings. The standard InChI is InChI=1S/C34H41F9O5/c1-2-30(23-12-14-24(44)15-13-23)21-48-28-20-25(45)16-17-26(28)27(30)11-9-7-5-3-4-6-8-10-22(29(46)47)18-19-31(35,36)32(37,38)33(39,40)34(41,42)43/h12-17,20,22,27,44-45H,2-11,18-19,21H2,1H3,(H,46,47). The molecule has 3 N–H and O–H groups in total. The van der Waals surface area contributed by atoms with Gasteiger partial charge in [0.05, 0.1) is 12.5 Å². The fourth-order valence-electron chi connectivity index (χ4n) is 6.54.